The highest BCUT2D eigenvalue weighted by Gasteiger charge is 2.37. The van der Waals surface area contributed by atoms with Crippen molar-refractivity contribution in [1.29, 1.82) is 0 Å². The molecule has 0 amide bonds. The number of aliphatic carboxylic acids is 1. The van der Waals surface area contributed by atoms with E-state index in [1.165, 1.54) is 0 Å². The molecule has 0 aliphatic carbocycles. The molecule has 0 bridgehead atoms. The molecule has 1 unspecified atom stereocenters. The monoisotopic (exact) mass is 218 g/mol. The fourth-order valence-corrected chi connectivity index (χ4v) is 1.72. The van der Waals surface area contributed by atoms with Crippen LogP contribution in [-0.2, 0) is 9.22 Å². The molecule has 0 aromatic carbocycles. The molecular formula is C10H22O3Si. The van der Waals surface area contributed by atoms with Crippen LogP contribution in [0.5, 0.6) is 0 Å². The van der Waals surface area contributed by atoms with Gasteiger partial charge in [0.25, 0.3) is 0 Å². The van der Waals surface area contributed by atoms with Crippen LogP contribution < -0.4 is 0 Å². The zero-order valence-electron chi connectivity index (χ0n) is 10.0. The Morgan fingerprint density at radius 2 is 1.86 bits per heavy atom. The summed E-state index contributed by atoms with van der Waals surface area (Å²) in [5.74, 6) is -1.20. The van der Waals surface area contributed by atoms with Gasteiger partial charge in [0.2, 0.25) is 0 Å². The molecule has 0 aliphatic rings. The van der Waals surface area contributed by atoms with Crippen LogP contribution in [0.3, 0.4) is 0 Å². The first-order valence-electron chi connectivity index (χ1n) is 4.94. The molecule has 0 aromatic heterocycles. The van der Waals surface area contributed by atoms with Crippen molar-refractivity contribution < 1.29 is 14.3 Å². The standard InChI is InChI=1S/C10H22O3Si/c1-8(9(11)12)7-13-14(5,6)10(2,3)4/h8H,7H2,1-6H3,(H,11,12). The van der Waals surface area contributed by atoms with Crippen molar-refractivity contribution in [1.82, 2.24) is 0 Å². The number of carbonyl (C=O) groups is 1. The second-order valence-corrected chi connectivity index (χ2v) is 10.1. The van der Waals surface area contributed by atoms with E-state index < -0.39 is 20.2 Å². The van der Waals surface area contributed by atoms with Crippen LogP contribution in [0.2, 0.25) is 18.1 Å². The second kappa shape index (κ2) is 4.44. The molecule has 1 atom stereocenters. The summed E-state index contributed by atoms with van der Waals surface area (Å²) in [6.45, 7) is 12.7. The molecule has 0 aromatic rings. The van der Waals surface area contributed by atoms with E-state index in [-0.39, 0.29) is 5.04 Å². The van der Waals surface area contributed by atoms with Gasteiger partial charge in [0.1, 0.15) is 0 Å². The summed E-state index contributed by atoms with van der Waals surface area (Å²) in [6, 6.07) is 0. The van der Waals surface area contributed by atoms with Crippen LogP contribution in [-0.4, -0.2) is 26.0 Å². The normalized spacial score (nSPS) is 15.3. The van der Waals surface area contributed by atoms with Gasteiger partial charge in [0.15, 0.2) is 8.32 Å². The van der Waals surface area contributed by atoms with Crippen LogP contribution in [0.4, 0.5) is 0 Å². The van der Waals surface area contributed by atoms with Gasteiger partial charge in [0, 0.05) is 6.61 Å². The average molecular weight is 218 g/mol. The van der Waals surface area contributed by atoms with Crippen molar-refractivity contribution in [2.75, 3.05) is 6.61 Å². The van der Waals surface area contributed by atoms with Crippen LogP contribution >= 0.6 is 0 Å². The van der Waals surface area contributed by atoms with E-state index in [4.69, 9.17) is 9.53 Å². The number of hydrogen-bond acceptors (Lipinski definition) is 2. The van der Waals surface area contributed by atoms with Gasteiger partial charge in [-0.1, -0.05) is 20.8 Å². The molecule has 14 heavy (non-hydrogen) atoms. The smallest absolute Gasteiger partial charge is 0.308 e. The topological polar surface area (TPSA) is 46.5 Å². The molecule has 0 fully saturated rings. The van der Waals surface area contributed by atoms with Gasteiger partial charge in [0.05, 0.1) is 5.92 Å². The number of hydrogen-bond donors (Lipinski definition) is 1. The first-order valence-corrected chi connectivity index (χ1v) is 7.85. The molecule has 4 heteroatoms. The number of carboxylic acids is 1. The summed E-state index contributed by atoms with van der Waals surface area (Å²) < 4.78 is 5.78. The van der Waals surface area contributed by atoms with Gasteiger partial charge in [-0.3, -0.25) is 4.79 Å². The third kappa shape index (κ3) is 3.80. The molecule has 1 N–H and O–H groups in total. The molecule has 0 rings (SSSR count). The molecule has 0 aliphatic heterocycles. The largest absolute Gasteiger partial charge is 0.481 e. The van der Waals surface area contributed by atoms with Crippen LogP contribution in [0.15, 0.2) is 0 Å². The molecule has 0 saturated carbocycles. The van der Waals surface area contributed by atoms with Crippen molar-refractivity contribution in [3.05, 3.63) is 0 Å². The lowest BCUT2D eigenvalue weighted by Crippen LogP contribution is -2.42. The van der Waals surface area contributed by atoms with Crippen molar-refractivity contribution in [3.8, 4) is 0 Å². The SMILES string of the molecule is CC(CO[Si](C)(C)C(C)(C)C)C(=O)O. The van der Waals surface area contributed by atoms with Crippen LogP contribution in [0, 0.1) is 5.92 Å². The highest BCUT2D eigenvalue weighted by atomic mass is 28.4. The van der Waals surface area contributed by atoms with Crippen molar-refractivity contribution in [3.63, 3.8) is 0 Å². The molecule has 0 heterocycles. The molecular weight excluding hydrogens is 196 g/mol. The lowest BCUT2D eigenvalue weighted by molar-refractivity contribution is -0.142. The minimum atomic E-state index is -1.78. The van der Waals surface area contributed by atoms with E-state index in [9.17, 15) is 4.79 Å². The van der Waals surface area contributed by atoms with Gasteiger partial charge in [-0.2, -0.15) is 0 Å². The van der Waals surface area contributed by atoms with Crippen LogP contribution in [0.25, 0.3) is 0 Å². The molecule has 0 saturated heterocycles. The fourth-order valence-electron chi connectivity index (χ4n) is 0.621. The second-order valence-electron chi connectivity index (χ2n) is 5.31. The van der Waals surface area contributed by atoms with E-state index in [0.29, 0.717) is 6.61 Å². The first kappa shape index (κ1) is 13.6. The molecule has 3 nitrogen and oxygen atoms in total. The summed E-state index contributed by atoms with van der Waals surface area (Å²) >= 11 is 0. The minimum Gasteiger partial charge on any atom is -0.481 e. The van der Waals surface area contributed by atoms with Crippen molar-refractivity contribution >= 4 is 14.3 Å². The van der Waals surface area contributed by atoms with Gasteiger partial charge < -0.3 is 9.53 Å². The first-order chi connectivity index (χ1) is 6.08. The Morgan fingerprint density at radius 3 is 2.14 bits per heavy atom. The molecule has 84 valence electrons. The highest BCUT2D eigenvalue weighted by Crippen LogP contribution is 2.36. The maximum Gasteiger partial charge on any atom is 0.308 e. The lowest BCUT2D eigenvalue weighted by atomic mass is 10.2. The summed E-state index contributed by atoms with van der Waals surface area (Å²) in [6.07, 6.45) is 0. The third-order valence-electron chi connectivity index (χ3n) is 2.92. The third-order valence-corrected chi connectivity index (χ3v) is 7.42. The van der Waals surface area contributed by atoms with E-state index in [1.54, 1.807) is 6.92 Å². The van der Waals surface area contributed by atoms with Gasteiger partial charge in [-0.25, -0.2) is 0 Å². The van der Waals surface area contributed by atoms with E-state index in [2.05, 4.69) is 33.9 Å². The molecule has 0 radical (unpaired) electrons. The highest BCUT2D eigenvalue weighted by molar-refractivity contribution is 6.74. The Balaban J connectivity index is 4.20. The molecule has 0 spiro atoms. The quantitative estimate of drug-likeness (QED) is 0.738. The Labute approximate surface area is 87.6 Å². The Hall–Kier alpha value is -0.353. The zero-order valence-corrected chi connectivity index (χ0v) is 11.0. The average Bonchev–Trinajstić information content (AvgIpc) is 1.97. The minimum absolute atomic E-state index is 0.144. The van der Waals surface area contributed by atoms with Gasteiger partial charge in [-0.15, -0.1) is 0 Å². The number of carboxylic acid groups (broad SMARTS) is 1. The zero-order chi connectivity index (χ0) is 11.6. The van der Waals surface area contributed by atoms with Crippen molar-refractivity contribution in [2.24, 2.45) is 5.92 Å². The maximum absolute atomic E-state index is 10.6. The summed E-state index contributed by atoms with van der Waals surface area (Å²) in [5, 5.41) is 8.86. The fraction of sp³-hybridized carbons (Fsp3) is 0.900. The Morgan fingerprint density at radius 1 is 1.43 bits per heavy atom. The summed E-state index contributed by atoms with van der Waals surface area (Å²) in [5.41, 5.74) is 0. The number of rotatable bonds is 4. The van der Waals surface area contributed by atoms with Crippen LogP contribution in [0.1, 0.15) is 27.7 Å². The van der Waals surface area contributed by atoms with Gasteiger partial charge >= 0.3 is 5.97 Å². The summed E-state index contributed by atoms with van der Waals surface area (Å²) in [7, 11) is -1.78. The van der Waals surface area contributed by atoms with E-state index >= 15 is 0 Å². The maximum atomic E-state index is 10.6. The lowest BCUT2D eigenvalue weighted by Gasteiger charge is -2.36. The Bertz CT molecular complexity index is 206. The Kier molecular flexibility index (Phi) is 4.33. The predicted molar refractivity (Wildman–Crippen MR) is 59.9 cm³/mol. The van der Waals surface area contributed by atoms with E-state index in [1.807, 2.05) is 0 Å². The van der Waals surface area contributed by atoms with Crippen molar-refractivity contribution in [2.45, 2.75) is 45.8 Å². The van der Waals surface area contributed by atoms with Gasteiger partial charge in [-0.05, 0) is 25.1 Å². The predicted octanol–water partition coefficient (Wildman–Crippen LogP) is 2.73. The summed E-state index contributed by atoms with van der Waals surface area (Å²) in [4.78, 5) is 10.6. The van der Waals surface area contributed by atoms with E-state index in [0.717, 1.165) is 0 Å².